The lowest BCUT2D eigenvalue weighted by atomic mass is 9.95. The lowest BCUT2D eigenvalue weighted by Crippen LogP contribution is -2.39. The third-order valence-electron chi connectivity index (χ3n) is 5.24. The first-order valence-corrected chi connectivity index (χ1v) is 9.28. The molecule has 2 aromatic carbocycles. The van der Waals surface area contributed by atoms with E-state index in [2.05, 4.69) is 46.3 Å². The maximum Gasteiger partial charge on any atom is 0.320 e. The molecule has 136 valence electrons. The Hall–Kier alpha value is -2.98. The van der Waals surface area contributed by atoms with Crippen molar-refractivity contribution in [2.75, 3.05) is 6.54 Å². The van der Waals surface area contributed by atoms with Gasteiger partial charge in [0.05, 0.1) is 6.04 Å². The van der Waals surface area contributed by atoms with Gasteiger partial charge >= 0.3 is 5.97 Å². The van der Waals surface area contributed by atoms with E-state index in [9.17, 15) is 9.90 Å². The predicted molar refractivity (Wildman–Crippen MR) is 105 cm³/mol. The standard InChI is InChI=1S/C23H22N2O2/c26-23(27)21-9-5-15-25(21)22(20-8-4-14-24-16-20)19-12-10-18(11-13-19)17-6-2-1-3-7-17/h1-4,6-8,10-14,16,21-22H,5,9,15H2,(H,26,27). The number of carboxylic acid groups (broad SMARTS) is 1. The third kappa shape index (κ3) is 3.62. The average Bonchev–Trinajstić information content (AvgIpc) is 3.20. The number of aliphatic carboxylic acids is 1. The number of hydrogen-bond donors (Lipinski definition) is 1. The Bertz CT molecular complexity index is 895. The zero-order valence-electron chi connectivity index (χ0n) is 15.0. The molecule has 2 heterocycles. The minimum Gasteiger partial charge on any atom is -0.480 e. The van der Waals surface area contributed by atoms with Crippen LogP contribution in [-0.4, -0.2) is 33.5 Å². The first-order valence-electron chi connectivity index (χ1n) is 9.28. The van der Waals surface area contributed by atoms with Gasteiger partial charge in [-0.25, -0.2) is 0 Å². The van der Waals surface area contributed by atoms with E-state index in [4.69, 9.17) is 0 Å². The molecule has 1 aliphatic heterocycles. The Morgan fingerprint density at radius 2 is 1.70 bits per heavy atom. The summed E-state index contributed by atoms with van der Waals surface area (Å²) in [6.07, 6.45) is 5.18. The van der Waals surface area contributed by atoms with Gasteiger partial charge in [-0.05, 0) is 41.2 Å². The van der Waals surface area contributed by atoms with Crippen LogP contribution in [-0.2, 0) is 4.79 Å². The molecule has 2 atom stereocenters. The lowest BCUT2D eigenvalue weighted by Gasteiger charge is -2.31. The van der Waals surface area contributed by atoms with Crippen molar-refractivity contribution in [1.29, 1.82) is 0 Å². The molecule has 1 fully saturated rings. The van der Waals surface area contributed by atoms with Crippen LogP contribution in [0, 0.1) is 0 Å². The smallest absolute Gasteiger partial charge is 0.320 e. The van der Waals surface area contributed by atoms with Crippen LogP contribution in [0.3, 0.4) is 0 Å². The van der Waals surface area contributed by atoms with Crippen LogP contribution in [0.1, 0.15) is 30.0 Å². The summed E-state index contributed by atoms with van der Waals surface area (Å²) < 4.78 is 0. The second-order valence-electron chi connectivity index (χ2n) is 6.91. The lowest BCUT2D eigenvalue weighted by molar-refractivity contribution is -0.142. The highest BCUT2D eigenvalue weighted by Gasteiger charge is 2.36. The second-order valence-corrected chi connectivity index (χ2v) is 6.91. The van der Waals surface area contributed by atoms with Gasteiger partial charge < -0.3 is 5.11 Å². The van der Waals surface area contributed by atoms with E-state index < -0.39 is 12.0 Å². The summed E-state index contributed by atoms with van der Waals surface area (Å²) in [6, 6.07) is 22.1. The normalized spacial score (nSPS) is 18.3. The topological polar surface area (TPSA) is 53.4 Å². The summed E-state index contributed by atoms with van der Waals surface area (Å²) >= 11 is 0. The Morgan fingerprint density at radius 1 is 0.963 bits per heavy atom. The summed E-state index contributed by atoms with van der Waals surface area (Å²) in [7, 11) is 0. The Morgan fingerprint density at radius 3 is 2.37 bits per heavy atom. The fourth-order valence-corrected chi connectivity index (χ4v) is 3.96. The van der Waals surface area contributed by atoms with Crippen molar-refractivity contribution in [3.05, 3.63) is 90.3 Å². The van der Waals surface area contributed by atoms with Crippen LogP contribution >= 0.6 is 0 Å². The largest absolute Gasteiger partial charge is 0.480 e. The molecule has 0 amide bonds. The van der Waals surface area contributed by atoms with E-state index in [1.54, 1.807) is 6.20 Å². The van der Waals surface area contributed by atoms with Crippen molar-refractivity contribution in [2.45, 2.75) is 24.9 Å². The SMILES string of the molecule is O=C(O)C1CCCN1C(c1ccc(-c2ccccc2)cc1)c1cccnc1. The zero-order chi connectivity index (χ0) is 18.6. The Kier molecular flexibility index (Phi) is 4.99. The van der Waals surface area contributed by atoms with Gasteiger partial charge in [0.25, 0.3) is 0 Å². The van der Waals surface area contributed by atoms with Gasteiger partial charge in [-0.3, -0.25) is 14.7 Å². The minimum absolute atomic E-state index is 0.105. The van der Waals surface area contributed by atoms with Crippen LogP contribution in [0.5, 0.6) is 0 Å². The maximum absolute atomic E-state index is 11.8. The Balaban J connectivity index is 1.72. The van der Waals surface area contributed by atoms with E-state index in [0.717, 1.165) is 29.7 Å². The molecule has 27 heavy (non-hydrogen) atoms. The number of carboxylic acids is 1. The summed E-state index contributed by atoms with van der Waals surface area (Å²) in [4.78, 5) is 18.1. The Labute approximate surface area is 159 Å². The zero-order valence-corrected chi connectivity index (χ0v) is 15.0. The number of benzene rings is 2. The van der Waals surface area contributed by atoms with Gasteiger partial charge in [-0.2, -0.15) is 0 Å². The third-order valence-corrected chi connectivity index (χ3v) is 5.24. The van der Waals surface area contributed by atoms with Gasteiger partial charge in [0.1, 0.15) is 6.04 Å². The van der Waals surface area contributed by atoms with Crippen molar-refractivity contribution >= 4 is 5.97 Å². The molecule has 0 radical (unpaired) electrons. The number of carbonyl (C=O) groups is 1. The molecule has 4 heteroatoms. The highest BCUT2D eigenvalue weighted by Crippen LogP contribution is 2.35. The van der Waals surface area contributed by atoms with Crippen LogP contribution in [0.15, 0.2) is 79.1 Å². The highest BCUT2D eigenvalue weighted by molar-refractivity contribution is 5.74. The highest BCUT2D eigenvalue weighted by atomic mass is 16.4. The molecule has 2 unspecified atom stereocenters. The van der Waals surface area contributed by atoms with Crippen LogP contribution in [0.25, 0.3) is 11.1 Å². The molecule has 0 saturated carbocycles. The van der Waals surface area contributed by atoms with E-state index in [1.807, 2.05) is 36.5 Å². The maximum atomic E-state index is 11.8. The average molecular weight is 358 g/mol. The van der Waals surface area contributed by atoms with Crippen molar-refractivity contribution in [2.24, 2.45) is 0 Å². The molecule has 0 spiro atoms. The van der Waals surface area contributed by atoms with E-state index in [1.165, 1.54) is 5.56 Å². The second kappa shape index (κ2) is 7.72. The van der Waals surface area contributed by atoms with Gasteiger partial charge in [0.15, 0.2) is 0 Å². The molecule has 0 bridgehead atoms. The van der Waals surface area contributed by atoms with Crippen LogP contribution in [0.4, 0.5) is 0 Å². The number of likely N-dealkylation sites (tertiary alicyclic amines) is 1. The monoisotopic (exact) mass is 358 g/mol. The summed E-state index contributed by atoms with van der Waals surface area (Å²) in [6.45, 7) is 0.775. The van der Waals surface area contributed by atoms with Crippen molar-refractivity contribution in [3.8, 4) is 11.1 Å². The number of hydrogen-bond acceptors (Lipinski definition) is 3. The molecule has 1 N–H and O–H groups in total. The first kappa shape index (κ1) is 17.4. The summed E-state index contributed by atoms with van der Waals surface area (Å²) in [5, 5.41) is 9.66. The van der Waals surface area contributed by atoms with Gasteiger partial charge in [0, 0.05) is 18.9 Å². The summed E-state index contributed by atoms with van der Waals surface area (Å²) in [5.74, 6) is -0.748. The van der Waals surface area contributed by atoms with E-state index in [-0.39, 0.29) is 6.04 Å². The van der Waals surface area contributed by atoms with Gasteiger partial charge in [0.2, 0.25) is 0 Å². The van der Waals surface area contributed by atoms with Crippen molar-refractivity contribution in [1.82, 2.24) is 9.88 Å². The molecule has 4 rings (SSSR count). The van der Waals surface area contributed by atoms with E-state index in [0.29, 0.717) is 6.42 Å². The number of pyridine rings is 1. The fourth-order valence-electron chi connectivity index (χ4n) is 3.96. The van der Waals surface area contributed by atoms with E-state index >= 15 is 0 Å². The van der Waals surface area contributed by atoms with Gasteiger partial charge in [-0.1, -0.05) is 60.7 Å². The fraction of sp³-hybridized carbons (Fsp3) is 0.217. The molecule has 1 saturated heterocycles. The quantitative estimate of drug-likeness (QED) is 0.735. The molecular formula is C23H22N2O2. The molecule has 1 aliphatic rings. The molecule has 0 aliphatic carbocycles. The molecule has 1 aromatic heterocycles. The molecular weight excluding hydrogens is 336 g/mol. The number of nitrogens with zero attached hydrogens (tertiary/aromatic N) is 2. The molecule has 4 nitrogen and oxygen atoms in total. The van der Waals surface area contributed by atoms with Crippen molar-refractivity contribution in [3.63, 3.8) is 0 Å². The summed E-state index contributed by atoms with van der Waals surface area (Å²) in [5.41, 5.74) is 4.45. The predicted octanol–water partition coefficient (Wildman–Crippen LogP) is 4.39. The van der Waals surface area contributed by atoms with Crippen molar-refractivity contribution < 1.29 is 9.90 Å². The number of rotatable bonds is 5. The van der Waals surface area contributed by atoms with Gasteiger partial charge in [-0.15, -0.1) is 0 Å². The minimum atomic E-state index is -0.748. The molecule has 3 aromatic rings. The first-order chi connectivity index (χ1) is 13.2. The number of aromatic nitrogens is 1. The van der Waals surface area contributed by atoms with Crippen LogP contribution in [0.2, 0.25) is 0 Å². The van der Waals surface area contributed by atoms with Crippen LogP contribution < -0.4 is 0 Å².